The molecule has 1 aromatic heterocycles. The zero-order valence-electron chi connectivity index (χ0n) is 12.1. The first-order valence-electron chi connectivity index (χ1n) is 6.35. The van der Waals surface area contributed by atoms with Crippen molar-refractivity contribution in [3.8, 4) is 0 Å². The molecule has 0 aliphatic heterocycles. The molecule has 0 fully saturated rings. The number of carbonyl (C=O) groups excluding carboxylic acids is 2. The van der Waals surface area contributed by atoms with Crippen LogP contribution in [0.4, 0.5) is 0 Å². The van der Waals surface area contributed by atoms with E-state index in [1.807, 2.05) is 13.8 Å². The molecule has 0 aliphatic carbocycles. The van der Waals surface area contributed by atoms with Crippen LogP contribution in [0.5, 0.6) is 0 Å². The van der Waals surface area contributed by atoms with E-state index < -0.39 is 11.9 Å². The zero-order chi connectivity index (χ0) is 14.6. The van der Waals surface area contributed by atoms with Crippen molar-refractivity contribution in [1.82, 2.24) is 9.66 Å². The van der Waals surface area contributed by atoms with Crippen LogP contribution < -0.4 is 5.43 Å². The minimum absolute atomic E-state index is 0.285. The van der Waals surface area contributed by atoms with Crippen LogP contribution in [0.2, 0.25) is 0 Å². The summed E-state index contributed by atoms with van der Waals surface area (Å²) in [4.78, 5) is 27.2. The van der Waals surface area contributed by atoms with Crippen molar-refractivity contribution in [1.29, 1.82) is 0 Å². The summed E-state index contributed by atoms with van der Waals surface area (Å²) in [6.45, 7) is 7.94. The lowest BCUT2D eigenvalue weighted by Gasteiger charge is -2.12. The van der Waals surface area contributed by atoms with Crippen LogP contribution in [0.25, 0.3) is 0 Å². The van der Waals surface area contributed by atoms with Crippen LogP contribution in [0.15, 0.2) is 0 Å². The molecule has 0 saturated carbocycles. The Morgan fingerprint density at radius 1 is 1.42 bits per heavy atom. The number of rotatable bonds is 5. The molecule has 106 valence electrons. The van der Waals surface area contributed by atoms with Crippen LogP contribution in [-0.4, -0.2) is 28.6 Å². The SMILES string of the molecule is CCc1c(C(C)C)nc(C)n1NC(=O)CC(=O)OC. The highest BCUT2D eigenvalue weighted by atomic mass is 16.5. The summed E-state index contributed by atoms with van der Waals surface area (Å²) >= 11 is 0. The van der Waals surface area contributed by atoms with Crippen molar-refractivity contribution in [2.45, 2.75) is 46.5 Å². The van der Waals surface area contributed by atoms with Gasteiger partial charge in [0.15, 0.2) is 0 Å². The van der Waals surface area contributed by atoms with Crippen LogP contribution in [0.3, 0.4) is 0 Å². The average Bonchev–Trinajstić information content (AvgIpc) is 2.66. The number of hydrogen-bond donors (Lipinski definition) is 1. The number of esters is 1. The Balaban J connectivity index is 2.94. The molecule has 0 saturated heterocycles. The molecule has 0 atom stereocenters. The number of aryl methyl sites for hydroxylation is 1. The van der Waals surface area contributed by atoms with E-state index in [2.05, 4.69) is 29.0 Å². The van der Waals surface area contributed by atoms with Crippen molar-refractivity contribution in [2.24, 2.45) is 0 Å². The Morgan fingerprint density at radius 2 is 2.05 bits per heavy atom. The maximum Gasteiger partial charge on any atom is 0.315 e. The lowest BCUT2D eigenvalue weighted by Crippen LogP contribution is -2.27. The highest BCUT2D eigenvalue weighted by Gasteiger charge is 2.18. The quantitative estimate of drug-likeness (QED) is 0.648. The van der Waals surface area contributed by atoms with E-state index in [9.17, 15) is 9.59 Å². The number of carbonyl (C=O) groups is 2. The number of nitrogens with one attached hydrogen (secondary N) is 1. The average molecular weight is 267 g/mol. The number of imidazole rings is 1. The second-order valence-electron chi connectivity index (χ2n) is 4.62. The van der Waals surface area contributed by atoms with Crippen LogP contribution in [0.1, 0.15) is 50.3 Å². The van der Waals surface area contributed by atoms with Gasteiger partial charge in [0.05, 0.1) is 18.5 Å². The Labute approximate surface area is 113 Å². The lowest BCUT2D eigenvalue weighted by atomic mass is 10.1. The normalized spacial score (nSPS) is 10.6. The number of methoxy groups -OCH3 is 1. The summed E-state index contributed by atoms with van der Waals surface area (Å²) in [7, 11) is 1.26. The Hall–Kier alpha value is -1.85. The van der Waals surface area contributed by atoms with E-state index in [0.29, 0.717) is 5.82 Å². The fourth-order valence-corrected chi connectivity index (χ4v) is 1.92. The predicted octanol–water partition coefficient (Wildman–Crippen LogP) is 1.51. The van der Waals surface area contributed by atoms with Gasteiger partial charge in [-0.25, -0.2) is 9.66 Å². The first-order valence-corrected chi connectivity index (χ1v) is 6.35. The van der Waals surface area contributed by atoms with E-state index >= 15 is 0 Å². The van der Waals surface area contributed by atoms with E-state index in [1.54, 1.807) is 4.68 Å². The minimum Gasteiger partial charge on any atom is -0.469 e. The third-order valence-electron chi connectivity index (χ3n) is 2.82. The summed E-state index contributed by atoms with van der Waals surface area (Å²) in [5, 5.41) is 0. The molecule has 0 aliphatic rings. The molecular weight excluding hydrogens is 246 g/mol. The van der Waals surface area contributed by atoms with Crippen molar-refractivity contribution in [2.75, 3.05) is 12.5 Å². The van der Waals surface area contributed by atoms with Gasteiger partial charge < -0.3 is 4.74 Å². The molecule has 6 heteroatoms. The summed E-state index contributed by atoms with van der Waals surface area (Å²) in [6.07, 6.45) is 0.459. The summed E-state index contributed by atoms with van der Waals surface area (Å²) in [5.74, 6) is 0.0286. The third-order valence-corrected chi connectivity index (χ3v) is 2.82. The van der Waals surface area contributed by atoms with Crippen molar-refractivity contribution in [3.05, 3.63) is 17.2 Å². The summed E-state index contributed by atoms with van der Waals surface area (Å²) < 4.78 is 6.12. The standard InChI is InChI=1S/C13H21N3O3/c1-6-10-13(8(2)3)14-9(4)16(10)15-11(17)7-12(18)19-5/h8H,6-7H2,1-5H3,(H,15,17). The Kier molecular flexibility index (Phi) is 5.09. The fourth-order valence-electron chi connectivity index (χ4n) is 1.92. The number of amides is 1. The van der Waals surface area contributed by atoms with Gasteiger partial charge in [-0.1, -0.05) is 20.8 Å². The monoisotopic (exact) mass is 267 g/mol. The van der Waals surface area contributed by atoms with Gasteiger partial charge in [0.2, 0.25) is 5.91 Å². The molecular formula is C13H21N3O3. The molecule has 19 heavy (non-hydrogen) atoms. The summed E-state index contributed by atoms with van der Waals surface area (Å²) in [6, 6.07) is 0. The van der Waals surface area contributed by atoms with Gasteiger partial charge in [0, 0.05) is 0 Å². The molecule has 1 N–H and O–H groups in total. The van der Waals surface area contributed by atoms with Gasteiger partial charge in [-0.05, 0) is 19.3 Å². The van der Waals surface area contributed by atoms with E-state index in [-0.39, 0.29) is 12.3 Å². The summed E-state index contributed by atoms with van der Waals surface area (Å²) in [5.41, 5.74) is 4.62. The topological polar surface area (TPSA) is 73.2 Å². The first kappa shape index (κ1) is 15.2. The fraction of sp³-hybridized carbons (Fsp3) is 0.615. The maximum atomic E-state index is 11.7. The van der Waals surface area contributed by atoms with Crippen molar-refractivity contribution >= 4 is 11.9 Å². The van der Waals surface area contributed by atoms with Crippen molar-refractivity contribution < 1.29 is 14.3 Å². The van der Waals surface area contributed by atoms with Crippen LogP contribution >= 0.6 is 0 Å². The molecule has 0 unspecified atom stereocenters. The number of aromatic nitrogens is 2. The van der Waals surface area contributed by atoms with E-state index in [0.717, 1.165) is 17.8 Å². The molecule has 0 bridgehead atoms. The molecule has 1 rings (SSSR count). The number of ether oxygens (including phenoxy) is 1. The van der Waals surface area contributed by atoms with Crippen molar-refractivity contribution in [3.63, 3.8) is 0 Å². The maximum absolute atomic E-state index is 11.7. The van der Waals surface area contributed by atoms with Crippen LogP contribution in [-0.2, 0) is 20.7 Å². The second kappa shape index (κ2) is 6.36. The van der Waals surface area contributed by atoms with E-state index in [1.165, 1.54) is 7.11 Å². The second-order valence-corrected chi connectivity index (χ2v) is 4.62. The van der Waals surface area contributed by atoms with Gasteiger partial charge in [0.25, 0.3) is 0 Å². The van der Waals surface area contributed by atoms with E-state index in [4.69, 9.17) is 0 Å². The zero-order valence-corrected chi connectivity index (χ0v) is 12.1. The molecule has 0 spiro atoms. The lowest BCUT2D eigenvalue weighted by molar-refractivity contribution is -0.143. The first-order chi connectivity index (χ1) is 8.90. The van der Waals surface area contributed by atoms with Gasteiger partial charge in [-0.15, -0.1) is 0 Å². The molecule has 1 heterocycles. The predicted molar refractivity (Wildman–Crippen MR) is 71.4 cm³/mol. The molecule has 0 radical (unpaired) electrons. The Bertz CT molecular complexity index is 478. The highest BCUT2D eigenvalue weighted by Crippen LogP contribution is 2.19. The largest absolute Gasteiger partial charge is 0.469 e. The Morgan fingerprint density at radius 3 is 2.53 bits per heavy atom. The van der Waals surface area contributed by atoms with Gasteiger partial charge in [-0.2, -0.15) is 0 Å². The molecule has 0 aromatic carbocycles. The van der Waals surface area contributed by atoms with Gasteiger partial charge >= 0.3 is 5.97 Å². The highest BCUT2D eigenvalue weighted by molar-refractivity contribution is 5.98. The number of nitrogens with zero attached hydrogens (tertiary/aromatic N) is 2. The van der Waals surface area contributed by atoms with Crippen LogP contribution in [0, 0.1) is 6.92 Å². The number of hydrogen-bond acceptors (Lipinski definition) is 4. The third kappa shape index (κ3) is 3.56. The minimum atomic E-state index is -0.558. The van der Waals surface area contributed by atoms with Gasteiger partial charge in [-0.3, -0.25) is 15.0 Å². The molecule has 6 nitrogen and oxygen atoms in total. The molecule has 1 amide bonds. The smallest absolute Gasteiger partial charge is 0.315 e. The molecule has 1 aromatic rings. The van der Waals surface area contributed by atoms with Gasteiger partial charge in [0.1, 0.15) is 12.2 Å².